The van der Waals surface area contributed by atoms with Crippen molar-refractivity contribution in [2.24, 2.45) is 0 Å². The van der Waals surface area contributed by atoms with E-state index in [1.807, 2.05) is 13.8 Å². The van der Waals surface area contributed by atoms with Crippen molar-refractivity contribution in [2.75, 3.05) is 6.61 Å². The molecule has 0 aliphatic heterocycles. The molecule has 2 N–H and O–H groups in total. The number of hydrogen-bond donors (Lipinski definition) is 2. The van der Waals surface area contributed by atoms with Gasteiger partial charge in [0.05, 0.1) is 0 Å². The number of benzene rings is 1. The Morgan fingerprint density at radius 2 is 2.16 bits per heavy atom. The Morgan fingerprint density at radius 3 is 2.79 bits per heavy atom. The molecule has 0 bridgehead atoms. The molecule has 0 aromatic heterocycles. The fourth-order valence-electron chi connectivity index (χ4n) is 1.30. The third-order valence-electron chi connectivity index (χ3n) is 2.53. The lowest BCUT2D eigenvalue weighted by Gasteiger charge is -2.11. The molecule has 0 aliphatic rings. The standard InChI is InChI=1S/C13H16BrNO4/c1-3-8(2)15-12(17)7-19-13(18)10-6-9(14)4-5-11(10)16/h4-6,8,16H,3,7H2,1-2H3,(H,15,17)/t8-/m0/s1. The van der Waals surface area contributed by atoms with Crippen LogP contribution in [0.5, 0.6) is 5.75 Å². The summed E-state index contributed by atoms with van der Waals surface area (Å²) in [6.07, 6.45) is 0.798. The van der Waals surface area contributed by atoms with Gasteiger partial charge in [0.15, 0.2) is 6.61 Å². The maximum absolute atomic E-state index is 11.7. The highest BCUT2D eigenvalue weighted by Crippen LogP contribution is 2.22. The molecule has 0 radical (unpaired) electrons. The molecule has 0 saturated heterocycles. The molecule has 0 heterocycles. The first kappa shape index (κ1) is 15.5. The number of halogens is 1. The van der Waals surface area contributed by atoms with Gasteiger partial charge in [-0.2, -0.15) is 0 Å². The quantitative estimate of drug-likeness (QED) is 0.812. The van der Waals surface area contributed by atoms with E-state index in [1.54, 1.807) is 6.07 Å². The lowest BCUT2D eigenvalue weighted by atomic mass is 10.2. The van der Waals surface area contributed by atoms with Crippen molar-refractivity contribution in [1.29, 1.82) is 0 Å². The number of amides is 1. The second kappa shape index (κ2) is 7.13. The number of nitrogens with one attached hydrogen (secondary N) is 1. The van der Waals surface area contributed by atoms with Gasteiger partial charge in [-0.25, -0.2) is 4.79 Å². The summed E-state index contributed by atoms with van der Waals surface area (Å²) in [5.41, 5.74) is 0.0192. The average Bonchev–Trinajstić information content (AvgIpc) is 2.38. The number of carbonyl (C=O) groups excluding carboxylic acids is 2. The smallest absolute Gasteiger partial charge is 0.342 e. The van der Waals surface area contributed by atoms with E-state index in [4.69, 9.17) is 4.74 Å². The van der Waals surface area contributed by atoms with Gasteiger partial charge in [-0.3, -0.25) is 4.79 Å². The number of aromatic hydroxyl groups is 1. The number of hydrogen-bond acceptors (Lipinski definition) is 4. The minimum absolute atomic E-state index is 0.0192. The summed E-state index contributed by atoms with van der Waals surface area (Å²) in [6.45, 7) is 3.44. The fraction of sp³-hybridized carbons (Fsp3) is 0.385. The number of rotatable bonds is 5. The number of esters is 1. The molecule has 1 aromatic rings. The summed E-state index contributed by atoms with van der Waals surface area (Å²) in [5.74, 6) is -1.29. The molecular weight excluding hydrogens is 314 g/mol. The zero-order chi connectivity index (χ0) is 14.4. The Labute approximate surface area is 120 Å². The summed E-state index contributed by atoms with van der Waals surface area (Å²) < 4.78 is 5.48. The molecule has 0 unspecified atom stereocenters. The molecule has 1 atom stereocenters. The molecule has 5 nitrogen and oxygen atoms in total. The minimum Gasteiger partial charge on any atom is -0.507 e. The van der Waals surface area contributed by atoms with Gasteiger partial charge in [0.1, 0.15) is 11.3 Å². The van der Waals surface area contributed by atoms with Crippen LogP contribution in [0.1, 0.15) is 30.6 Å². The maximum atomic E-state index is 11.7. The Bertz CT molecular complexity index is 476. The minimum atomic E-state index is -0.738. The van der Waals surface area contributed by atoms with Crippen LogP contribution in [0.25, 0.3) is 0 Å². The molecule has 1 amide bonds. The number of carbonyl (C=O) groups is 2. The molecule has 19 heavy (non-hydrogen) atoms. The van der Waals surface area contributed by atoms with Gasteiger partial charge < -0.3 is 15.2 Å². The van der Waals surface area contributed by atoms with Crippen molar-refractivity contribution in [3.63, 3.8) is 0 Å². The normalized spacial score (nSPS) is 11.7. The highest BCUT2D eigenvalue weighted by molar-refractivity contribution is 9.10. The van der Waals surface area contributed by atoms with Crippen LogP contribution in [0.3, 0.4) is 0 Å². The lowest BCUT2D eigenvalue weighted by molar-refractivity contribution is -0.124. The van der Waals surface area contributed by atoms with Gasteiger partial charge in [-0.15, -0.1) is 0 Å². The van der Waals surface area contributed by atoms with Gasteiger partial charge in [-0.1, -0.05) is 22.9 Å². The van der Waals surface area contributed by atoms with E-state index < -0.39 is 5.97 Å². The van der Waals surface area contributed by atoms with Crippen LogP contribution in [0, 0.1) is 0 Å². The second-order valence-corrected chi connectivity index (χ2v) is 5.03. The van der Waals surface area contributed by atoms with Gasteiger partial charge in [-0.05, 0) is 31.5 Å². The highest BCUT2D eigenvalue weighted by atomic mass is 79.9. The molecule has 104 valence electrons. The fourth-order valence-corrected chi connectivity index (χ4v) is 1.66. The Morgan fingerprint density at radius 1 is 1.47 bits per heavy atom. The van der Waals surface area contributed by atoms with Crippen LogP contribution in [-0.4, -0.2) is 29.6 Å². The first-order valence-electron chi connectivity index (χ1n) is 5.89. The Kier molecular flexibility index (Phi) is 5.82. The topological polar surface area (TPSA) is 75.6 Å². The molecular formula is C13H16BrNO4. The van der Waals surface area contributed by atoms with Crippen molar-refractivity contribution < 1.29 is 19.4 Å². The second-order valence-electron chi connectivity index (χ2n) is 4.11. The van der Waals surface area contributed by atoms with E-state index >= 15 is 0 Å². The summed E-state index contributed by atoms with van der Waals surface area (Å²) in [7, 11) is 0. The van der Waals surface area contributed by atoms with Crippen molar-refractivity contribution in [1.82, 2.24) is 5.32 Å². The number of ether oxygens (including phenoxy) is 1. The van der Waals surface area contributed by atoms with Crippen LogP contribution < -0.4 is 5.32 Å². The van der Waals surface area contributed by atoms with Crippen LogP contribution in [0.15, 0.2) is 22.7 Å². The van der Waals surface area contributed by atoms with E-state index in [-0.39, 0.29) is 29.9 Å². The zero-order valence-corrected chi connectivity index (χ0v) is 12.4. The number of phenols is 1. The van der Waals surface area contributed by atoms with E-state index in [9.17, 15) is 14.7 Å². The summed E-state index contributed by atoms with van der Waals surface area (Å²) in [5, 5.41) is 12.2. The van der Waals surface area contributed by atoms with Crippen molar-refractivity contribution in [3.05, 3.63) is 28.2 Å². The first-order chi connectivity index (χ1) is 8.93. The van der Waals surface area contributed by atoms with Gasteiger partial charge in [0.25, 0.3) is 5.91 Å². The van der Waals surface area contributed by atoms with Crippen molar-refractivity contribution in [3.8, 4) is 5.75 Å². The Hall–Kier alpha value is -1.56. The van der Waals surface area contributed by atoms with Gasteiger partial charge >= 0.3 is 5.97 Å². The van der Waals surface area contributed by atoms with Gasteiger partial charge in [0.2, 0.25) is 0 Å². The SMILES string of the molecule is CC[C@H](C)NC(=O)COC(=O)c1cc(Br)ccc1O. The summed E-state index contributed by atoms with van der Waals surface area (Å²) in [4.78, 5) is 23.1. The molecule has 0 fully saturated rings. The molecule has 0 spiro atoms. The van der Waals surface area contributed by atoms with Crippen molar-refractivity contribution in [2.45, 2.75) is 26.3 Å². The lowest BCUT2D eigenvalue weighted by Crippen LogP contribution is -2.35. The monoisotopic (exact) mass is 329 g/mol. The highest BCUT2D eigenvalue weighted by Gasteiger charge is 2.15. The van der Waals surface area contributed by atoms with E-state index in [2.05, 4.69) is 21.2 Å². The third-order valence-corrected chi connectivity index (χ3v) is 3.03. The van der Waals surface area contributed by atoms with Crippen LogP contribution in [0.2, 0.25) is 0 Å². The summed E-state index contributed by atoms with van der Waals surface area (Å²) >= 11 is 3.19. The van der Waals surface area contributed by atoms with Crippen molar-refractivity contribution >= 4 is 27.8 Å². The maximum Gasteiger partial charge on any atom is 0.342 e. The predicted octanol–water partition coefficient (Wildman–Crippen LogP) is 2.23. The first-order valence-corrected chi connectivity index (χ1v) is 6.68. The zero-order valence-electron chi connectivity index (χ0n) is 10.8. The van der Waals surface area contributed by atoms with Gasteiger partial charge in [0, 0.05) is 10.5 Å². The molecule has 6 heteroatoms. The molecule has 0 saturated carbocycles. The third kappa shape index (κ3) is 4.90. The molecule has 1 aromatic carbocycles. The van der Waals surface area contributed by atoms with Crippen LogP contribution >= 0.6 is 15.9 Å². The number of phenolic OH excluding ortho intramolecular Hbond substituents is 1. The van der Waals surface area contributed by atoms with E-state index in [0.717, 1.165) is 6.42 Å². The van der Waals surface area contributed by atoms with Crippen LogP contribution in [-0.2, 0) is 9.53 Å². The molecule has 1 rings (SSSR count). The van der Waals surface area contributed by atoms with E-state index in [1.165, 1.54) is 12.1 Å². The summed E-state index contributed by atoms with van der Waals surface area (Å²) in [6, 6.07) is 4.44. The largest absolute Gasteiger partial charge is 0.507 e. The van der Waals surface area contributed by atoms with E-state index in [0.29, 0.717) is 4.47 Å². The average molecular weight is 330 g/mol. The Balaban J connectivity index is 2.56. The molecule has 0 aliphatic carbocycles. The van der Waals surface area contributed by atoms with Crippen LogP contribution in [0.4, 0.5) is 0 Å². The predicted molar refractivity (Wildman–Crippen MR) is 74.0 cm³/mol.